The van der Waals surface area contributed by atoms with E-state index in [0.717, 1.165) is 0 Å². The number of carboxylic acids is 2. The van der Waals surface area contributed by atoms with Crippen LogP contribution in [0, 0.1) is 0 Å². The Bertz CT molecular complexity index is 163. The first-order valence-corrected chi connectivity index (χ1v) is 2.13. The fourth-order valence-electron chi connectivity index (χ4n) is 0.246. The molecule has 0 saturated heterocycles. The molecule has 0 N–H and O–H groups in total. The molecule has 57 valence electrons. The van der Waals surface area contributed by atoms with Crippen molar-refractivity contribution in [2.24, 2.45) is 0 Å². The van der Waals surface area contributed by atoms with Crippen LogP contribution in [0.15, 0.2) is 12.2 Å². The molecule has 4 nitrogen and oxygen atoms in total. The number of carbonyl (C=O) groups is 2. The molecule has 5 heteroatoms. The van der Waals surface area contributed by atoms with Crippen LogP contribution in [-0.2, 0) is 26.4 Å². The van der Waals surface area contributed by atoms with Gasteiger partial charge >= 0.3 is 16.8 Å². The van der Waals surface area contributed by atoms with E-state index in [-0.39, 0.29) is 16.8 Å². The largest absolute Gasteiger partial charge is 2.00 e. The summed E-state index contributed by atoms with van der Waals surface area (Å²) in [6.07, 6.45) is -0.678. The van der Waals surface area contributed by atoms with Gasteiger partial charge in [-0.1, -0.05) is 6.58 Å². The van der Waals surface area contributed by atoms with E-state index in [0.29, 0.717) is 0 Å². The molecule has 0 aliphatic carbocycles. The van der Waals surface area contributed by atoms with E-state index in [4.69, 9.17) is 0 Å². The maximum Gasteiger partial charge on any atom is 2.00 e. The number of hydrogen-bond donors (Lipinski definition) is 0. The second kappa shape index (κ2) is 5.01. The Morgan fingerprint density at radius 1 is 1.30 bits per heavy atom. The summed E-state index contributed by atoms with van der Waals surface area (Å²) in [4.78, 5) is 19.4. The van der Waals surface area contributed by atoms with E-state index in [2.05, 4.69) is 6.58 Å². The summed E-state index contributed by atoms with van der Waals surface area (Å²) in [7, 11) is 0. The maximum absolute atomic E-state index is 9.73. The van der Waals surface area contributed by atoms with Gasteiger partial charge in [-0.15, -0.1) is 0 Å². The van der Waals surface area contributed by atoms with E-state index in [9.17, 15) is 19.8 Å². The molecule has 0 amide bonds. The number of aliphatic carboxylic acids is 2. The Morgan fingerprint density at radius 2 is 1.70 bits per heavy atom. The molecule has 0 rings (SSSR count). The van der Waals surface area contributed by atoms with Gasteiger partial charge in [-0.25, -0.2) is 0 Å². The molecular weight excluding hydrogens is 183 g/mol. The molecule has 0 aromatic heterocycles. The van der Waals surface area contributed by atoms with Crippen molar-refractivity contribution >= 4 is 11.9 Å². The zero-order valence-corrected chi connectivity index (χ0v) is 5.92. The molecule has 1 radical (unpaired) electrons. The van der Waals surface area contributed by atoms with Crippen molar-refractivity contribution in [3.63, 3.8) is 0 Å². The molecule has 10 heavy (non-hydrogen) atoms. The first-order valence-electron chi connectivity index (χ1n) is 2.13. The van der Waals surface area contributed by atoms with Crippen LogP contribution in [0.25, 0.3) is 0 Å². The van der Waals surface area contributed by atoms with Crippen LogP contribution in [0.4, 0.5) is 0 Å². The van der Waals surface area contributed by atoms with Gasteiger partial charge in [-0.05, 0) is 5.57 Å². The van der Waals surface area contributed by atoms with Gasteiger partial charge in [-0.3, -0.25) is 0 Å². The summed E-state index contributed by atoms with van der Waals surface area (Å²) in [5.74, 6) is -3.02. The maximum atomic E-state index is 9.73. The standard InChI is InChI=1S/C5H6O4.Co/c1-3(5(8)9)2-4(6)7;/h1-2H2,(H,6,7)(H,8,9);/q;+2/p-2. The number of carboxylic acid groups (broad SMARTS) is 2. The van der Waals surface area contributed by atoms with Crippen molar-refractivity contribution in [2.45, 2.75) is 6.42 Å². The van der Waals surface area contributed by atoms with E-state index >= 15 is 0 Å². The van der Waals surface area contributed by atoms with Crippen LogP contribution in [0.5, 0.6) is 0 Å². The Labute approximate surface area is 67.7 Å². The molecule has 0 aliphatic rings. The summed E-state index contributed by atoms with van der Waals surface area (Å²) in [6, 6.07) is 0. The van der Waals surface area contributed by atoms with Crippen LogP contribution < -0.4 is 10.2 Å². The van der Waals surface area contributed by atoms with E-state index < -0.39 is 23.9 Å². The van der Waals surface area contributed by atoms with E-state index in [1.54, 1.807) is 0 Å². The van der Waals surface area contributed by atoms with Crippen LogP contribution in [0.3, 0.4) is 0 Å². The minimum absolute atomic E-state index is 0. The van der Waals surface area contributed by atoms with Crippen molar-refractivity contribution in [2.75, 3.05) is 0 Å². The van der Waals surface area contributed by atoms with Crippen LogP contribution >= 0.6 is 0 Å². The third-order valence-corrected chi connectivity index (χ3v) is 0.646. The summed E-state index contributed by atoms with van der Waals surface area (Å²) >= 11 is 0. The fraction of sp³-hybridized carbons (Fsp3) is 0.200. The predicted octanol–water partition coefficient (Wildman–Crippen LogP) is -2.57. The molecule has 0 aromatic carbocycles. The molecule has 0 unspecified atom stereocenters. The average Bonchev–Trinajstić information content (AvgIpc) is 1.63. The van der Waals surface area contributed by atoms with Crippen molar-refractivity contribution < 1.29 is 36.6 Å². The van der Waals surface area contributed by atoms with Gasteiger partial charge in [-0.2, -0.15) is 0 Å². The summed E-state index contributed by atoms with van der Waals surface area (Å²) in [5.41, 5.74) is -0.477. The molecular formula is C5H4CoO4. The molecule has 0 heterocycles. The van der Waals surface area contributed by atoms with Gasteiger partial charge in [0.2, 0.25) is 0 Å². The first-order chi connectivity index (χ1) is 4.04. The van der Waals surface area contributed by atoms with Crippen LogP contribution in [-0.4, -0.2) is 11.9 Å². The quantitative estimate of drug-likeness (QED) is 0.455. The van der Waals surface area contributed by atoms with Crippen molar-refractivity contribution in [3.05, 3.63) is 12.2 Å². The minimum Gasteiger partial charge on any atom is -0.550 e. The predicted molar refractivity (Wildman–Crippen MR) is 23.8 cm³/mol. The fourth-order valence-corrected chi connectivity index (χ4v) is 0.246. The Balaban J connectivity index is 0. The van der Waals surface area contributed by atoms with E-state index in [1.807, 2.05) is 0 Å². The smallest absolute Gasteiger partial charge is 0.550 e. The average molecular weight is 187 g/mol. The van der Waals surface area contributed by atoms with Gasteiger partial charge in [0, 0.05) is 12.4 Å². The zero-order chi connectivity index (χ0) is 7.44. The van der Waals surface area contributed by atoms with Crippen molar-refractivity contribution in [1.29, 1.82) is 0 Å². The van der Waals surface area contributed by atoms with Crippen molar-refractivity contribution in [1.82, 2.24) is 0 Å². The van der Waals surface area contributed by atoms with Gasteiger partial charge in [0.25, 0.3) is 0 Å². The molecule has 0 spiro atoms. The minimum atomic E-state index is -1.56. The summed E-state index contributed by atoms with van der Waals surface area (Å²) < 4.78 is 0. The van der Waals surface area contributed by atoms with Gasteiger partial charge < -0.3 is 19.8 Å². The molecule has 0 atom stereocenters. The third kappa shape index (κ3) is 5.33. The van der Waals surface area contributed by atoms with Gasteiger partial charge in [0.05, 0.1) is 5.97 Å². The summed E-state index contributed by atoms with van der Waals surface area (Å²) in [6.45, 7) is 2.91. The van der Waals surface area contributed by atoms with Crippen molar-refractivity contribution in [3.8, 4) is 0 Å². The number of hydrogen-bond acceptors (Lipinski definition) is 4. The SMILES string of the molecule is C=C(CC(=O)[O-])C(=O)[O-].[Co+2]. The Kier molecular flexibility index (Phi) is 5.97. The summed E-state index contributed by atoms with van der Waals surface area (Å²) in [5, 5.41) is 19.4. The number of carbonyl (C=O) groups excluding carboxylic acids is 2. The second-order valence-corrected chi connectivity index (χ2v) is 1.44. The Morgan fingerprint density at radius 3 is 1.80 bits per heavy atom. The first kappa shape index (κ1) is 11.9. The van der Waals surface area contributed by atoms with Gasteiger partial charge in [0.1, 0.15) is 0 Å². The zero-order valence-electron chi connectivity index (χ0n) is 4.88. The Hall–Kier alpha value is -0.814. The third-order valence-electron chi connectivity index (χ3n) is 0.646. The normalized spacial score (nSPS) is 7.60. The molecule has 0 fully saturated rings. The molecule has 0 aliphatic heterocycles. The van der Waals surface area contributed by atoms with Gasteiger partial charge in [0.15, 0.2) is 0 Å². The topological polar surface area (TPSA) is 80.3 Å². The molecule has 0 aromatic rings. The monoisotopic (exact) mass is 187 g/mol. The second-order valence-electron chi connectivity index (χ2n) is 1.44. The van der Waals surface area contributed by atoms with Crippen LogP contribution in [0.2, 0.25) is 0 Å². The molecule has 0 bridgehead atoms. The van der Waals surface area contributed by atoms with E-state index in [1.165, 1.54) is 0 Å². The molecule has 0 saturated carbocycles. The van der Waals surface area contributed by atoms with Crippen LogP contribution in [0.1, 0.15) is 6.42 Å². The number of rotatable bonds is 3.